The summed E-state index contributed by atoms with van der Waals surface area (Å²) in [5.74, 6) is -0.972. The molecule has 2 aliphatic rings. The molecule has 1 heterocycles. The molecule has 0 saturated carbocycles. The molecule has 0 unspecified atom stereocenters. The van der Waals surface area contributed by atoms with Crippen molar-refractivity contribution in [1.29, 1.82) is 0 Å². The number of hydrogen-bond donors (Lipinski definition) is 0. The maximum atomic E-state index is 13.3. The minimum absolute atomic E-state index is 0.0385. The Balaban J connectivity index is 1.74. The molecule has 1 fully saturated rings. The quantitative estimate of drug-likeness (QED) is 0.424. The number of benzene rings is 2. The third kappa shape index (κ3) is 3.22. The molecule has 144 valence electrons. The number of rotatable bonds is 4. The summed E-state index contributed by atoms with van der Waals surface area (Å²) < 4.78 is 5.03. The molecule has 4 nitrogen and oxygen atoms in total. The zero-order chi connectivity index (χ0) is 19.7. The zero-order valence-corrected chi connectivity index (χ0v) is 16.4. The summed E-state index contributed by atoms with van der Waals surface area (Å²) >= 11 is 6.08. The Hall–Kier alpha value is -2.59. The second kappa shape index (κ2) is 7.80. The molecule has 0 aromatic heterocycles. The van der Waals surface area contributed by atoms with Crippen LogP contribution in [0.5, 0.6) is 0 Å². The highest BCUT2D eigenvalue weighted by Gasteiger charge is 2.54. The first-order chi connectivity index (χ1) is 13.6. The number of para-hydroxylation sites is 1. The van der Waals surface area contributed by atoms with Crippen molar-refractivity contribution in [3.8, 4) is 0 Å². The molecule has 28 heavy (non-hydrogen) atoms. The second-order valence-electron chi connectivity index (χ2n) is 7.28. The van der Waals surface area contributed by atoms with Crippen LogP contribution in [0.4, 0.5) is 5.69 Å². The van der Waals surface area contributed by atoms with Gasteiger partial charge in [0.25, 0.3) is 0 Å². The minimum Gasteiger partial charge on any atom is -0.469 e. The van der Waals surface area contributed by atoms with Gasteiger partial charge in [-0.2, -0.15) is 0 Å². The number of allylic oxidation sites excluding steroid dienone is 2. The number of amides is 1. The fourth-order valence-corrected chi connectivity index (χ4v) is 4.56. The van der Waals surface area contributed by atoms with Gasteiger partial charge in [-0.3, -0.25) is 9.59 Å². The molecule has 0 radical (unpaired) electrons. The van der Waals surface area contributed by atoms with E-state index < -0.39 is 0 Å². The van der Waals surface area contributed by atoms with Crippen LogP contribution in [-0.4, -0.2) is 19.0 Å². The first-order valence-electron chi connectivity index (χ1n) is 9.50. The first-order valence-corrected chi connectivity index (χ1v) is 9.87. The van der Waals surface area contributed by atoms with Crippen molar-refractivity contribution >= 4 is 29.2 Å². The van der Waals surface area contributed by atoms with Gasteiger partial charge in [0.1, 0.15) is 0 Å². The minimum atomic E-state index is -0.304. The normalized spacial score (nSPS) is 26.6. The van der Waals surface area contributed by atoms with E-state index >= 15 is 0 Å². The van der Waals surface area contributed by atoms with Crippen molar-refractivity contribution < 1.29 is 14.3 Å². The highest BCUT2D eigenvalue weighted by molar-refractivity contribution is 6.30. The van der Waals surface area contributed by atoms with Crippen LogP contribution in [-0.2, 0) is 14.3 Å². The Morgan fingerprint density at radius 1 is 1.11 bits per heavy atom. The summed E-state index contributed by atoms with van der Waals surface area (Å²) in [6.07, 6.45) is 5.63. The van der Waals surface area contributed by atoms with Gasteiger partial charge >= 0.3 is 5.97 Å². The predicted molar refractivity (Wildman–Crippen MR) is 109 cm³/mol. The molecule has 1 amide bonds. The number of β-lactam (4-membered cyclic amide) rings is 1. The third-order valence-corrected chi connectivity index (χ3v) is 6.02. The average molecular weight is 396 g/mol. The Bertz CT molecular complexity index is 894. The number of ether oxygens (including phenoxy) is 1. The van der Waals surface area contributed by atoms with E-state index in [4.69, 9.17) is 16.3 Å². The molecular formula is C23H22ClNO3. The van der Waals surface area contributed by atoms with Crippen LogP contribution in [0.15, 0.2) is 66.7 Å². The molecule has 1 aliphatic carbocycles. The number of methoxy groups -OCH3 is 1. The van der Waals surface area contributed by atoms with Gasteiger partial charge in [0.05, 0.1) is 25.0 Å². The van der Waals surface area contributed by atoms with E-state index in [2.05, 4.69) is 6.08 Å². The molecule has 2 aromatic rings. The van der Waals surface area contributed by atoms with Crippen LogP contribution >= 0.6 is 11.6 Å². The Labute approximate surface area is 169 Å². The van der Waals surface area contributed by atoms with Gasteiger partial charge in [-0.25, -0.2) is 0 Å². The lowest BCUT2D eigenvalue weighted by Gasteiger charge is -2.51. The third-order valence-electron chi connectivity index (χ3n) is 5.77. The van der Waals surface area contributed by atoms with E-state index in [1.807, 2.05) is 65.6 Å². The number of carbonyl (C=O) groups is 2. The summed E-state index contributed by atoms with van der Waals surface area (Å²) in [5, 5.41) is 0.655. The van der Waals surface area contributed by atoms with Crippen LogP contribution < -0.4 is 4.90 Å². The monoisotopic (exact) mass is 395 g/mol. The number of hydrogen-bond acceptors (Lipinski definition) is 3. The maximum absolute atomic E-state index is 13.3. The maximum Gasteiger partial charge on any atom is 0.309 e. The molecule has 4 rings (SSSR count). The van der Waals surface area contributed by atoms with Crippen molar-refractivity contribution in [2.24, 2.45) is 17.8 Å². The van der Waals surface area contributed by atoms with Crippen LogP contribution in [0.3, 0.4) is 0 Å². The molecule has 1 saturated heterocycles. The number of esters is 1. The van der Waals surface area contributed by atoms with E-state index in [0.717, 1.165) is 17.7 Å². The smallest absolute Gasteiger partial charge is 0.309 e. The van der Waals surface area contributed by atoms with Gasteiger partial charge in [0, 0.05) is 16.6 Å². The van der Waals surface area contributed by atoms with Crippen LogP contribution in [0.1, 0.15) is 24.4 Å². The number of nitrogens with zero attached hydrogens (tertiary/aromatic N) is 1. The van der Waals surface area contributed by atoms with Crippen LogP contribution in [0, 0.1) is 17.8 Å². The molecule has 0 N–H and O–H groups in total. The van der Waals surface area contributed by atoms with Crippen molar-refractivity contribution in [1.82, 2.24) is 0 Å². The van der Waals surface area contributed by atoms with Crippen molar-refractivity contribution in [2.45, 2.75) is 18.9 Å². The topological polar surface area (TPSA) is 46.6 Å². The van der Waals surface area contributed by atoms with E-state index in [9.17, 15) is 9.59 Å². The standard InChI is InChI=1S/C23H22ClNO3/c1-28-23(27)19-10-6-5-9-18(19)20-21(15-11-13-16(24)14-12-15)25(22(20)26)17-7-3-2-4-8-17/h2-5,7-9,11-14,18-21H,6,10H2,1H3/t18-,19+,20+,21+/m0/s1. The Morgan fingerprint density at radius 2 is 1.82 bits per heavy atom. The largest absolute Gasteiger partial charge is 0.469 e. The summed E-state index contributed by atoms with van der Waals surface area (Å²) in [7, 11) is 1.41. The molecule has 0 bridgehead atoms. The number of halogens is 1. The van der Waals surface area contributed by atoms with E-state index in [1.165, 1.54) is 7.11 Å². The first kappa shape index (κ1) is 18.8. The van der Waals surface area contributed by atoms with Gasteiger partial charge in [-0.1, -0.05) is 54.1 Å². The summed E-state index contributed by atoms with van der Waals surface area (Å²) in [6, 6.07) is 17.1. The second-order valence-corrected chi connectivity index (χ2v) is 7.71. The molecule has 1 aliphatic heterocycles. The zero-order valence-electron chi connectivity index (χ0n) is 15.6. The predicted octanol–water partition coefficient (Wildman–Crippen LogP) is 4.80. The van der Waals surface area contributed by atoms with E-state index in [-0.39, 0.29) is 35.7 Å². The van der Waals surface area contributed by atoms with Crippen LogP contribution in [0.2, 0.25) is 5.02 Å². The van der Waals surface area contributed by atoms with Gasteiger partial charge < -0.3 is 9.64 Å². The lowest BCUT2D eigenvalue weighted by atomic mass is 9.67. The molecule has 0 spiro atoms. The van der Waals surface area contributed by atoms with Crippen molar-refractivity contribution in [3.63, 3.8) is 0 Å². The lowest BCUT2D eigenvalue weighted by molar-refractivity contribution is -0.149. The van der Waals surface area contributed by atoms with Crippen molar-refractivity contribution in [2.75, 3.05) is 12.0 Å². The van der Waals surface area contributed by atoms with Gasteiger partial charge in [0.15, 0.2) is 0 Å². The SMILES string of the molecule is COC(=O)[C@@H]1CCC=C[C@@H]1[C@H]1C(=O)N(c2ccccc2)[C@@H]1c1ccc(Cl)cc1. The summed E-state index contributed by atoms with van der Waals surface area (Å²) in [5.41, 5.74) is 1.87. The highest BCUT2D eigenvalue weighted by atomic mass is 35.5. The van der Waals surface area contributed by atoms with Crippen molar-refractivity contribution in [3.05, 3.63) is 77.3 Å². The Morgan fingerprint density at radius 3 is 2.50 bits per heavy atom. The van der Waals surface area contributed by atoms with Gasteiger partial charge in [-0.05, 0) is 42.7 Å². The molecule has 5 heteroatoms. The summed E-state index contributed by atoms with van der Waals surface area (Å²) in [6.45, 7) is 0. The average Bonchev–Trinajstić information content (AvgIpc) is 2.73. The Kier molecular flexibility index (Phi) is 5.23. The molecule has 2 aromatic carbocycles. The fraction of sp³-hybridized carbons (Fsp3) is 0.304. The number of carbonyl (C=O) groups excluding carboxylic acids is 2. The molecule has 4 atom stereocenters. The highest BCUT2D eigenvalue weighted by Crippen LogP contribution is 2.50. The van der Waals surface area contributed by atoms with E-state index in [1.54, 1.807) is 0 Å². The fourth-order valence-electron chi connectivity index (χ4n) is 4.43. The number of anilines is 1. The summed E-state index contributed by atoms with van der Waals surface area (Å²) in [4.78, 5) is 27.5. The van der Waals surface area contributed by atoms with Gasteiger partial charge in [-0.15, -0.1) is 0 Å². The van der Waals surface area contributed by atoms with Crippen LogP contribution in [0.25, 0.3) is 0 Å². The van der Waals surface area contributed by atoms with E-state index in [0.29, 0.717) is 11.4 Å². The lowest BCUT2D eigenvalue weighted by Crippen LogP contribution is -2.59. The van der Waals surface area contributed by atoms with Gasteiger partial charge in [0.2, 0.25) is 5.91 Å². The molecular weight excluding hydrogens is 374 g/mol.